The van der Waals surface area contributed by atoms with E-state index in [9.17, 15) is 9.59 Å². The molecule has 0 aliphatic carbocycles. The van der Waals surface area contributed by atoms with Crippen LogP contribution in [0.2, 0.25) is 0 Å². The van der Waals surface area contributed by atoms with Crippen LogP contribution in [0, 0.1) is 0 Å². The Morgan fingerprint density at radius 3 is 1.12 bits per heavy atom. The highest BCUT2D eigenvalue weighted by Crippen LogP contribution is 2.15. The molecule has 0 heterocycles. The lowest BCUT2D eigenvalue weighted by atomic mass is 10.0. The predicted octanol–water partition coefficient (Wildman–Crippen LogP) is 19.0. The summed E-state index contributed by atoms with van der Waals surface area (Å²) < 4.78 is 17.4. The van der Waals surface area contributed by atoms with E-state index in [2.05, 4.69) is 118 Å². The Morgan fingerprint density at radius 2 is 0.682 bits per heavy atom. The molecule has 0 aromatic heterocycles. The van der Waals surface area contributed by atoms with E-state index >= 15 is 0 Å². The number of rotatable bonds is 50. The van der Waals surface area contributed by atoms with Crippen LogP contribution < -0.4 is 0 Å². The number of hydrogen-bond acceptors (Lipinski definition) is 5. The summed E-state index contributed by atoms with van der Waals surface area (Å²) in [6, 6.07) is 0. The van der Waals surface area contributed by atoms with Gasteiger partial charge in [0.1, 0.15) is 6.61 Å². The zero-order valence-corrected chi connectivity index (χ0v) is 43.4. The Bertz CT molecular complexity index is 1270. The molecule has 378 valence electrons. The maximum Gasteiger partial charge on any atom is 0.306 e. The molecule has 5 nitrogen and oxygen atoms in total. The first-order chi connectivity index (χ1) is 32.6. The molecular formula is C61H104O5. The van der Waals surface area contributed by atoms with Gasteiger partial charge >= 0.3 is 11.9 Å². The van der Waals surface area contributed by atoms with Gasteiger partial charge in [-0.25, -0.2) is 0 Å². The summed E-state index contributed by atoms with van der Waals surface area (Å²) in [6.07, 6.45) is 75.7. The van der Waals surface area contributed by atoms with Crippen LogP contribution in [0.1, 0.15) is 252 Å². The monoisotopic (exact) mass is 917 g/mol. The normalized spacial score (nSPS) is 13.0. The van der Waals surface area contributed by atoms with Crippen LogP contribution in [0.15, 0.2) is 97.2 Å². The van der Waals surface area contributed by atoms with Crippen molar-refractivity contribution in [2.24, 2.45) is 0 Å². The van der Waals surface area contributed by atoms with E-state index in [1.54, 1.807) is 0 Å². The number of ether oxygens (including phenoxy) is 3. The topological polar surface area (TPSA) is 61.8 Å². The lowest BCUT2D eigenvalue weighted by Crippen LogP contribution is -2.30. The van der Waals surface area contributed by atoms with Crippen molar-refractivity contribution >= 4 is 11.9 Å². The third kappa shape index (κ3) is 53.4. The molecule has 0 aromatic rings. The first kappa shape index (κ1) is 62.8. The van der Waals surface area contributed by atoms with Crippen LogP contribution in [-0.4, -0.2) is 37.9 Å². The second-order valence-electron chi connectivity index (χ2n) is 18.1. The quantitative estimate of drug-likeness (QED) is 0.0346. The Balaban J connectivity index is 4.34. The number of unbranched alkanes of at least 4 members (excludes halogenated alkanes) is 23. The fraction of sp³-hybridized carbons (Fsp3) is 0.705. The lowest BCUT2D eigenvalue weighted by molar-refractivity contribution is -0.163. The van der Waals surface area contributed by atoms with Gasteiger partial charge in [-0.1, -0.05) is 240 Å². The van der Waals surface area contributed by atoms with Crippen LogP contribution in [0.25, 0.3) is 0 Å². The third-order valence-electron chi connectivity index (χ3n) is 11.6. The molecular weight excluding hydrogens is 813 g/mol. The molecule has 1 unspecified atom stereocenters. The molecule has 1 atom stereocenters. The van der Waals surface area contributed by atoms with Crippen LogP contribution in [0.4, 0.5) is 0 Å². The van der Waals surface area contributed by atoms with E-state index in [1.165, 1.54) is 122 Å². The highest BCUT2D eigenvalue weighted by molar-refractivity contribution is 5.70. The second kappa shape index (κ2) is 56.1. The smallest absolute Gasteiger partial charge is 0.306 e. The minimum absolute atomic E-state index is 0.0568. The van der Waals surface area contributed by atoms with Gasteiger partial charge in [0.2, 0.25) is 0 Å². The van der Waals surface area contributed by atoms with E-state index in [0.29, 0.717) is 19.4 Å². The van der Waals surface area contributed by atoms with E-state index in [0.717, 1.165) is 96.3 Å². The van der Waals surface area contributed by atoms with Gasteiger partial charge in [0.15, 0.2) is 6.10 Å². The Morgan fingerprint density at radius 1 is 0.348 bits per heavy atom. The average molecular weight is 917 g/mol. The number of hydrogen-bond donors (Lipinski definition) is 0. The van der Waals surface area contributed by atoms with Crippen molar-refractivity contribution in [1.29, 1.82) is 0 Å². The molecule has 5 heteroatoms. The van der Waals surface area contributed by atoms with Gasteiger partial charge in [-0.2, -0.15) is 0 Å². The first-order valence-electron chi connectivity index (χ1n) is 27.8. The maximum atomic E-state index is 12.8. The molecule has 0 amide bonds. The highest BCUT2D eigenvalue weighted by atomic mass is 16.6. The molecule has 0 aliphatic heterocycles. The zero-order chi connectivity index (χ0) is 47.7. The van der Waals surface area contributed by atoms with Crippen LogP contribution >= 0.6 is 0 Å². The van der Waals surface area contributed by atoms with Gasteiger partial charge in [0, 0.05) is 19.4 Å². The Kier molecular flexibility index (Phi) is 53.4. The van der Waals surface area contributed by atoms with Gasteiger partial charge in [-0.3, -0.25) is 9.59 Å². The summed E-state index contributed by atoms with van der Waals surface area (Å²) in [6.45, 7) is 7.55. The maximum absolute atomic E-state index is 12.8. The largest absolute Gasteiger partial charge is 0.462 e. The van der Waals surface area contributed by atoms with Crippen molar-refractivity contribution in [2.45, 2.75) is 258 Å². The van der Waals surface area contributed by atoms with Crippen molar-refractivity contribution in [3.63, 3.8) is 0 Å². The second-order valence-corrected chi connectivity index (χ2v) is 18.1. The van der Waals surface area contributed by atoms with Crippen molar-refractivity contribution in [3.05, 3.63) is 97.2 Å². The minimum atomic E-state index is -0.563. The van der Waals surface area contributed by atoms with Crippen LogP contribution in [0.5, 0.6) is 0 Å². The van der Waals surface area contributed by atoms with Crippen molar-refractivity contribution < 1.29 is 23.8 Å². The minimum Gasteiger partial charge on any atom is -0.462 e. The predicted molar refractivity (Wildman–Crippen MR) is 288 cm³/mol. The zero-order valence-electron chi connectivity index (χ0n) is 43.4. The molecule has 0 saturated carbocycles. The molecule has 66 heavy (non-hydrogen) atoms. The summed E-state index contributed by atoms with van der Waals surface area (Å²) in [5.41, 5.74) is 0. The molecule has 0 rings (SSSR count). The molecule has 0 fully saturated rings. The van der Waals surface area contributed by atoms with Gasteiger partial charge in [0.25, 0.3) is 0 Å². The molecule has 0 bridgehead atoms. The standard InChI is InChI=1S/C61H104O5/c1-4-7-10-13-16-19-22-25-28-29-30-31-32-35-38-41-44-47-50-53-56-64-57-59(66-61(63)55-52-49-46-43-40-37-34-27-24-21-18-15-12-9-6-3)58-65-60(62)54-51-48-45-42-39-36-33-26-23-20-17-14-11-8-5-2/h7-8,10-11,16-17,19-20,25-26,28,30-31,33,39,42,59H,4-6,9,12-15,18,21-24,27,29,32,34-38,40-41,43-58H2,1-3H3/b10-7-,11-8-,19-16-,20-17-,28-25-,31-30-,33-26-,42-39-. The van der Waals surface area contributed by atoms with Crippen molar-refractivity contribution in [1.82, 2.24) is 0 Å². The number of carbonyl (C=O) groups is 2. The number of carbonyl (C=O) groups excluding carboxylic acids is 2. The molecule has 0 saturated heterocycles. The summed E-state index contributed by atoms with van der Waals surface area (Å²) in [5, 5.41) is 0. The first-order valence-corrected chi connectivity index (χ1v) is 27.8. The van der Waals surface area contributed by atoms with Crippen molar-refractivity contribution in [2.75, 3.05) is 19.8 Å². The number of allylic oxidation sites excluding steroid dienone is 16. The van der Waals surface area contributed by atoms with Gasteiger partial charge in [-0.15, -0.1) is 0 Å². The molecule has 0 aliphatic rings. The van der Waals surface area contributed by atoms with E-state index in [4.69, 9.17) is 14.2 Å². The third-order valence-corrected chi connectivity index (χ3v) is 11.6. The molecule has 0 radical (unpaired) electrons. The molecule has 0 spiro atoms. The summed E-state index contributed by atoms with van der Waals surface area (Å²) in [4.78, 5) is 25.5. The summed E-state index contributed by atoms with van der Waals surface area (Å²) in [5.74, 6) is -0.448. The van der Waals surface area contributed by atoms with E-state index in [-0.39, 0.29) is 25.2 Å². The number of esters is 2. The van der Waals surface area contributed by atoms with Crippen LogP contribution in [0.3, 0.4) is 0 Å². The fourth-order valence-corrected chi connectivity index (χ4v) is 7.55. The van der Waals surface area contributed by atoms with Crippen molar-refractivity contribution in [3.8, 4) is 0 Å². The Hall–Kier alpha value is -3.18. The molecule has 0 aromatic carbocycles. The SMILES string of the molecule is CC/C=C\C/C=C\C/C=C\C/C=C\CCCCCCCCCOCC(COC(=O)CCCC/C=C\C/C=C\C/C=C\C/C=C\CC)OC(=O)CCCCCCCCCCCCCCCCC. The van der Waals surface area contributed by atoms with E-state index < -0.39 is 6.10 Å². The highest BCUT2D eigenvalue weighted by Gasteiger charge is 2.17. The summed E-state index contributed by atoms with van der Waals surface area (Å²) in [7, 11) is 0. The van der Waals surface area contributed by atoms with Gasteiger partial charge in [0.05, 0.1) is 6.61 Å². The van der Waals surface area contributed by atoms with Gasteiger partial charge < -0.3 is 14.2 Å². The van der Waals surface area contributed by atoms with Gasteiger partial charge in [-0.05, 0) is 96.3 Å². The lowest BCUT2D eigenvalue weighted by Gasteiger charge is -2.18. The van der Waals surface area contributed by atoms with Crippen LogP contribution in [-0.2, 0) is 23.8 Å². The summed E-state index contributed by atoms with van der Waals surface area (Å²) >= 11 is 0. The average Bonchev–Trinajstić information content (AvgIpc) is 3.32. The Labute approximate surface area is 409 Å². The molecule has 0 N–H and O–H groups in total. The fourth-order valence-electron chi connectivity index (χ4n) is 7.55. The van der Waals surface area contributed by atoms with E-state index in [1.807, 2.05) is 0 Å².